The van der Waals surface area contributed by atoms with Gasteiger partial charge >= 0.3 is 6.18 Å². The second-order valence-corrected chi connectivity index (χ2v) is 5.87. The van der Waals surface area contributed by atoms with Gasteiger partial charge in [-0.25, -0.2) is 4.98 Å². The molecule has 0 aliphatic heterocycles. The molecule has 0 atom stereocenters. The fourth-order valence-electron chi connectivity index (χ4n) is 2.29. The van der Waals surface area contributed by atoms with Crippen molar-refractivity contribution >= 4 is 11.7 Å². The first-order valence-corrected chi connectivity index (χ1v) is 7.89. The van der Waals surface area contributed by atoms with Crippen LogP contribution in [0.2, 0.25) is 0 Å². The van der Waals surface area contributed by atoms with E-state index in [1.807, 2.05) is 25.1 Å². The Hall–Kier alpha value is -2.61. The minimum atomic E-state index is -4.35. The van der Waals surface area contributed by atoms with Crippen molar-refractivity contribution in [3.8, 4) is 0 Å². The van der Waals surface area contributed by atoms with E-state index in [0.29, 0.717) is 17.7 Å². The predicted molar refractivity (Wildman–Crippen MR) is 91.9 cm³/mol. The molecule has 0 bridgehead atoms. The van der Waals surface area contributed by atoms with Crippen molar-refractivity contribution in [2.24, 2.45) is 0 Å². The van der Waals surface area contributed by atoms with Crippen molar-refractivity contribution < 1.29 is 22.7 Å². The van der Waals surface area contributed by atoms with E-state index < -0.39 is 12.8 Å². The zero-order valence-corrected chi connectivity index (χ0v) is 14.5. The van der Waals surface area contributed by atoms with Gasteiger partial charge in [-0.2, -0.15) is 13.2 Å². The summed E-state index contributed by atoms with van der Waals surface area (Å²) in [6.07, 6.45) is -2.67. The van der Waals surface area contributed by atoms with Crippen LogP contribution in [-0.4, -0.2) is 37.8 Å². The van der Waals surface area contributed by atoms with E-state index in [-0.39, 0.29) is 12.5 Å². The monoisotopic (exact) mass is 367 g/mol. The van der Waals surface area contributed by atoms with Crippen LogP contribution in [0.1, 0.15) is 21.5 Å². The van der Waals surface area contributed by atoms with E-state index in [2.05, 4.69) is 15.0 Å². The molecule has 0 saturated carbocycles. The highest BCUT2D eigenvalue weighted by molar-refractivity contribution is 5.94. The van der Waals surface area contributed by atoms with Crippen molar-refractivity contribution in [2.45, 2.75) is 19.3 Å². The molecule has 0 aliphatic rings. The van der Waals surface area contributed by atoms with Crippen molar-refractivity contribution in [2.75, 3.05) is 25.6 Å². The Morgan fingerprint density at radius 1 is 1.19 bits per heavy atom. The van der Waals surface area contributed by atoms with Gasteiger partial charge in [0.15, 0.2) is 0 Å². The summed E-state index contributed by atoms with van der Waals surface area (Å²) in [4.78, 5) is 18.4. The molecule has 1 aromatic carbocycles. The third-order valence-electron chi connectivity index (χ3n) is 3.48. The second kappa shape index (κ2) is 8.66. The first-order valence-electron chi connectivity index (χ1n) is 7.89. The number of hydrogen-bond acceptors (Lipinski definition) is 4. The number of benzene rings is 1. The fourth-order valence-corrected chi connectivity index (χ4v) is 2.29. The number of alkyl halides is 3. The molecule has 0 spiro atoms. The van der Waals surface area contributed by atoms with Crippen LogP contribution in [0.25, 0.3) is 0 Å². The number of anilines is 1. The minimum absolute atomic E-state index is 0.163. The standard InChI is InChI=1S/C18H20F3N3O2/c1-24(2)16-15(4-3-9-22-16)10-23-17(25)14-7-5-13(6-8-14)11-26-12-18(19,20)21/h3-9H,10-12H2,1-2H3,(H,23,25). The largest absolute Gasteiger partial charge is 0.411 e. The van der Waals surface area contributed by atoms with Gasteiger partial charge in [0.2, 0.25) is 0 Å². The highest BCUT2D eigenvalue weighted by Gasteiger charge is 2.27. The predicted octanol–water partition coefficient (Wildman–Crippen LogP) is 3.16. The number of pyridine rings is 1. The lowest BCUT2D eigenvalue weighted by Crippen LogP contribution is -2.24. The Balaban J connectivity index is 1.90. The van der Waals surface area contributed by atoms with E-state index in [1.54, 1.807) is 36.5 Å². The summed E-state index contributed by atoms with van der Waals surface area (Å²) in [5.41, 5.74) is 1.86. The SMILES string of the molecule is CN(C)c1ncccc1CNC(=O)c1ccc(COCC(F)(F)F)cc1. The van der Waals surface area contributed by atoms with E-state index in [1.165, 1.54) is 0 Å². The van der Waals surface area contributed by atoms with Gasteiger partial charge in [-0.3, -0.25) is 4.79 Å². The number of nitrogens with zero attached hydrogens (tertiary/aromatic N) is 2. The number of halogens is 3. The maximum Gasteiger partial charge on any atom is 0.411 e. The zero-order chi connectivity index (χ0) is 19.2. The Bertz CT molecular complexity index is 731. The highest BCUT2D eigenvalue weighted by Crippen LogP contribution is 2.16. The Morgan fingerprint density at radius 3 is 2.50 bits per heavy atom. The molecule has 0 saturated heterocycles. The van der Waals surface area contributed by atoms with Crippen LogP contribution in [0.4, 0.5) is 19.0 Å². The van der Waals surface area contributed by atoms with Crippen LogP contribution in [0.15, 0.2) is 42.6 Å². The van der Waals surface area contributed by atoms with Crippen LogP contribution < -0.4 is 10.2 Å². The molecule has 140 valence electrons. The van der Waals surface area contributed by atoms with Gasteiger partial charge in [0.25, 0.3) is 5.91 Å². The average molecular weight is 367 g/mol. The van der Waals surface area contributed by atoms with Crippen molar-refractivity contribution in [3.63, 3.8) is 0 Å². The molecule has 2 rings (SSSR count). The van der Waals surface area contributed by atoms with Crippen molar-refractivity contribution in [3.05, 3.63) is 59.3 Å². The molecule has 1 heterocycles. The average Bonchev–Trinajstić information content (AvgIpc) is 2.59. The van der Waals surface area contributed by atoms with Crippen molar-refractivity contribution in [1.29, 1.82) is 0 Å². The van der Waals surface area contributed by atoms with Crippen LogP contribution in [0.3, 0.4) is 0 Å². The van der Waals surface area contributed by atoms with Crippen LogP contribution in [0, 0.1) is 0 Å². The molecule has 0 fully saturated rings. The number of hydrogen-bond donors (Lipinski definition) is 1. The van der Waals surface area contributed by atoms with E-state index in [0.717, 1.165) is 11.4 Å². The summed E-state index contributed by atoms with van der Waals surface area (Å²) in [5.74, 6) is 0.492. The molecule has 1 N–H and O–H groups in total. The fraction of sp³-hybridized carbons (Fsp3) is 0.333. The van der Waals surface area contributed by atoms with E-state index in [4.69, 9.17) is 0 Å². The summed E-state index contributed by atoms with van der Waals surface area (Å²) >= 11 is 0. The second-order valence-electron chi connectivity index (χ2n) is 5.87. The molecular weight excluding hydrogens is 347 g/mol. The number of carbonyl (C=O) groups is 1. The third-order valence-corrected chi connectivity index (χ3v) is 3.48. The lowest BCUT2D eigenvalue weighted by molar-refractivity contribution is -0.176. The molecule has 0 radical (unpaired) electrons. The Kier molecular flexibility index (Phi) is 6.57. The van der Waals surface area contributed by atoms with Gasteiger partial charge in [-0.1, -0.05) is 18.2 Å². The molecular formula is C18H20F3N3O2. The number of amides is 1. The minimum Gasteiger partial charge on any atom is -0.367 e. The number of rotatable bonds is 7. The van der Waals surface area contributed by atoms with Gasteiger partial charge in [0.1, 0.15) is 12.4 Å². The Morgan fingerprint density at radius 2 is 1.88 bits per heavy atom. The van der Waals surface area contributed by atoms with Gasteiger partial charge in [-0.05, 0) is 23.8 Å². The molecule has 26 heavy (non-hydrogen) atoms. The summed E-state index contributed by atoms with van der Waals surface area (Å²) in [5, 5.41) is 2.81. The first-order chi connectivity index (χ1) is 12.3. The summed E-state index contributed by atoms with van der Waals surface area (Å²) < 4.78 is 40.7. The molecule has 8 heteroatoms. The number of aromatic nitrogens is 1. The molecule has 0 aliphatic carbocycles. The smallest absolute Gasteiger partial charge is 0.367 e. The molecule has 2 aromatic rings. The normalized spacial score (nSPS) is 11.3. The van der Waals surface area contributed by atoms with Crippen LogP contribution in [-0.2, 0) is 17.9 Å². The van der Waals surface area contributed by atoms with E-state index in [9.17, 15) is 18.0 Å². The first kappa shape index (κ1) is 19.7. The van der Waals surface area contributed by atoms with Crippen molar-refractivity contribution in [1.82, 2.24) is 10.3 Å². The summed E-state index contributed by atoms with van der Waals surface area (Å²) in [6, 6.07) is 9.92. The number of nitrogens with one attached hydrogen (secondary N) is 1. The lowest BCUT2D eigenvalue weighted by Gasteiger charge is -2.16. The van der Waals surface area contributed by atoms with Gasteiger partial charge in [0.05, 0.1) is 6.61 Å². The van der Waals surface area contributed by atoms with E-state index >= 15 is 0 Å². The van der Waals surface area contributed by atoms with Gasteiger partial charge < -0.3 is 15.0 Å². The molecule has 1 aromatic heterocycles. The maximum absolute atomic E-state index is 12.2. The zero-order valence-electron chi connectivity index (χ0n) is 14.5. The topological polar surface area (TPSA) is 54.5 Å². The number of ether oxygens (including phenoxy) is 1. The summed E-state index contributed by atoms with van der Waals surface area (Å²) in [7, 11) is 3.74. The number of carbonyl (C=O) groups excluding carboxylic acids is 1. The third kappa shape index (κ3) is 6.03. The van der Waals surface area contributed by atoms with Crippen LogP contribution in [0.5, 0.6) is 0 Å². The molecule has 1 amide bonds. The van der Waals surface area contributed by atoms with Crippen LogP contribution >= 0.6 is 0 Å². The quantitative estimate of drug-likeness (QED) is 0.817. The maximum atomic E-state index is 12.2. The lowest BCUT2D eigenvalue weighted by atomic mass is 10.1. The summed E-state index contributed by atoms with van der Waals surface area (Å²) in [6.45, 7) is -1.14. The molecule has 5 nitrogen and oxygen atoms in total. The van der Waals surface area contributed by atoms with Gasteiger partial charge in [0, 0.05) is 38.0 Å². The highest BCUT2D eigenvalue weighted by atomic mass is 19.4. The van der Waals surface area contributed by atoms with Gasteiger partial charge in [-0.15, -0.1) is 0 Å². The molecule has 0 unspecified atom stereocenters. The Labute approximate surface area is 149 Å².